The number of carbonyl (C=O) groups excluding carboxylic acids is 2. The molecule has 0 aromatic carbocycles. The van der Waals surface area contributed by atoms with Gasteiger partial charge >= 0.3 is 6.18 Å². The summed E-state index contributed by atoms with van der Waals surface area (Å²) in [5.74, 6) is -1.69. The number of primary amides is 1. The first-order valence-electron chi connectivity index (χ1n) is 12.9. The minimum Gasteiger partial charge on any atom is -0.390 e. The Morgan fingerprint density at radius 1 is 1.24 bits per heavy atom. The molecular weight excluding hydrogens is 602 g/mol. The third-order valence-corrected chi connectivity index (χ3v) is 11.3. The van der Waals surface area contributed by atoms with Gasteiger partial charge in [0.15, 0.2) is 5.03 Å². The van der Waals surface area contributed by atoms with Gasteiger partial charge in [0.1, 0.15) is 0 Å². The van der Waals surface area contributed by atoms with Gasteiger partial charge in [-0.1, -0.05) is 13.8 Å². The van der Waals surface area contributed by atoms with E-state index in [0.717, 1.165) is 19.8 Å². The van der Waals surface area contributed by atoms with Crippen LogP contribution >= 0.6 is 22.7 Å². The van der Waals surface area contributed by atoms with Crippen LogP contribution in [0.3, 0.4) is 0 Å². The summed E-state index contributed by atoms with van der Waals surface area (Å²) in [5.41, 5.74) is 5.15. The fraction of sp³-hybridized carbons (Fsp3) is 0.500. The summed E-state index contributed by atoms with van der Waals surface area (Å²) in [6.45, 7) is 5.12. The van der Waals surface area contributed by atoms with E-state index in [1.165, 1.54) is 22.7 Å². The lowest BCUT2D eigenvalue weighted by Crippen LogP contribution is -2.49. The minimum atomic E-state index is -4.67. The van der Waals surface area contributed by atoms with E-state index in [1.807, 2.05) is 25.3 Å². The van der Waals surface area contributed by atoms with Crippen LogP contribution in [0.2, 0.25) is 0 Å². The number of aliphatic hydroxyl groups is 1. The van der Waals surface area contributed by atoms with Crippen molar-refractivity contribution in [1.29, 1.82) is 0 Å². The van der Waals surface area contributed by atoms with Gasteiger partial charge in [-0.15, -0.1) is 22.7 Å². The highest BCUT2D eigenvalue weighted by molar-refractivity contribution is 7.89. The number of halogens is 3. The quantitative estimate of drug-likeness (QED) is 0.338. The molecule has 0 saturated carbocycles. The van der Waals surface area contributed by atoms with Crippen molar-refractivity contribution in [2.75, 3.05) is 6.54 Å². The summed E-state index contributed by atoms with van der Waals surface area (Å²) >= 11 is 2.64. The Morgan fingerprint density at radius 3 is 2.54 bits per heavy atom. The van der Waals surface area contributed by atoms with Gasteiger partial charge < -0.3 is 16.2 Å². The second kappa shape index (κ2) is 12.0. The molecule has 3 aromatic heterocycles. The van der Waals surface area contributed by atoms with E-state index in [-0.39, 0.29) is 18.8 Å². The lowest BCUT2D eigenvalue weighted by atomic mass is 9.88. The summed E-state index contributed by atoms with van der Waals surface area (Å²) < 4.78 is 68.1. The predicted molar refractivity (Wildman–Crippen MR) is 150 cm³/mol. The van der Waals surface area contributed by atoms with Crippen LogP contribution in [-0.4, -0.2) is 59.4 Å². The van der Waals surface area contributed by atoms with Crippen LogP contribution in [0, 0.1) is 5.92 Å². The van der Waals surface area contributed by atoms with E-state index in [9.17, 15) is 36.3 Å². The highest BCUT2D eigenvalue weighted by Gasteiger charge is 2.40. The van der Waals surface area contributed by atoms with Gasteiger partial charge in [0.05, 0.1) is 28.5 Å². The normalized spacial score (nSPS) is 21.6. The van der Waals surface area contributed by atoms with Gasteiger partial charge in [-0.25, -0.2) is 13.4 Å². The minimum absolute atomic E-state index is 0.0809. The number of carbonyl (C=O) groups is 2. The van der Waals surface area contributed by atoms with Crippen molar-refractivity contribution in [3.63, 3.8) is 0 Å². The van der Waals surface area contributed by atoms with Crippen molar-refractivity contribution in [3.05, 3.63) is 45.8 Å². The first-order valence-corrected chi connectivity index (χ1v) is 16.1. The molecule has 4 heterocycles. The Bertz CT molecular complexity index is 1520. The maximum absolute atomic E-state index is 13.7. The van der Waals surface area contributed by atoms with Crippen LogP contribution in [0.25, 0.3) is 9.40 Å². The number of rotatable bonds is 8. The van der Waals surface area contributed by atoms with Crippen molar-refractivity contribution in [2.45, 2.75) is 75.3 Å². The second-order valence-corrected chi connectivity index (χ2v) is 14.4. The van der Waals surface area contributed by atoms with Crippen molar-refractivity contribution in [1.82, 2.24) is 14.6 Å². The maximum atomic E-state index is 13.7. The molecule has 1 aliphatic rings. The van der Waals surface area contributed by atoms with Crippen LogP contribution in [0.15, 0.2) is 34.8 Å². The van der Waals surface area contributed by atoms with Gasteiger partial charge in [-0.2, -0.15) is 17.5 Å². The predicted octanol–water partition coefficient (Wildman–Crippen LogP) is 4.32. The van der Waals surface area contributed by atoms with Crippen LogP contribution in [0.5, 0.6) is 0 Å². The third-order valence-electron chi connectivity index (χ3n) is 7.11. The first kappa shape index (κ1) is 31.3. The fourth-order valence-corrected chi connectivity index (χ4v) is 8.95. The monoisotopic (exact) mass is 632 g/mol. The molecule has 1 fully saturated rings. The number of nitrogens with zero attached hydrogens (tertiary/aromatic N) is 2. The van der Waals surface area contributed by atoms with Gasteiger partial charge in [0, 0.05) is 33.7 Å². The number of fused-ring (bicyclic) bond motifs is 1. The maximum Gasteiger partial charge on any atom is 0.417 e. The van der Waals surface area contributed by atoms with Crippen molar-refractivity contribution in [2.24, 2.45) is 11.7 Å². The van der Waals surface area contributed by atoms with E-state index >= 15 is 0 Å². The van der Waals surface area contributed by atoms with E-state index in [1.54, 1.807) is 6.92 Å². The molecule has 4 N–H and O–H groups in total. The number of thiophene rings is 2. The molecule has 9 nitrogen and oxygen atoms in total. The Kier molecular flexibility index (Phi) is 9.14. The number of nitrogens with two attached hydrogens (primary N) is 1. The van der Waals surface area contributed by atoms with E-state index in [2.05, 4.69) is 10.3 Å². The summed E-state index contributed by atoms with van der Waals surface area (Å²) in [6.07, 6.45) is -4.61. The zero-order valence-electron chi connectivity index (χ0n) is 22.5. The number of β-amino-alcohol motifs (C(OH)–C–C–N with tert-alkyl or cyclic N) is 1. The average Bonchev–Trinajstić information content (AvgIpc) is 3.45. The Morgan fingerprint density at radius 2 is 1.95 bits per heavy atom. The summed E-state index contributed by atoms with van der Waals surface area (Å²) in [4.78, 5) is 29.9. The molecular formula is C26H31F3N4O5S3. The third kappa shape index (κ3) is 6.58. The van der Waals surface area contributed by atoms with Gasteiger partial charge in [0.2, 0.25) is 5.91 Å². The molecule has 0 unspecified atom stereocenters. The zero-order chi connectivity index (χ0) is 30.3. The van der Waals surface area contributed by atoms with Gasteiger partial charge in [-0.05, 0) is 55.7 Å². The molecule has 1 saturated heterocycles. The Labute approximate surface area is 243 Å². The van der Waals surface area contributed by atoms with Crippen molar-refractivity contribution < 1.29 is 36.3 Å². The molecule has 0 bridgehead atoms. The topological polar surface area (TPSA) is 143 Å². The fourth-order valence-electron chi connectivity index (χ4n) is 5.03. The van der Waals surface area contributed by atoms with E-state index < -0.39 is 69.3 Å². The number of hydrogen-bond donors (Lipinski definition) is 3. The number of aromatic nitrogens is 1. The lowest BCUT2D eigenvalue weighted by Gasteiger charge is -2.28. The molecule has 0 spiro atoms. The molecule has 15 heteroatoms. The summed E-state index contributed by atoms with van der Waals surface area (Å²) in [7, 11) is -4.35. The summed E-state index contributed by atoms with van der Waals surface area (Å²) in [6, 6.07) is 1.86. The van der Waals surface area contributed by atoms with Crippen LogP contribution in [0.1, 0.15) is 66.8 Å². The van der Waals surface area contributed by atoms with E-state index in [0.29, 0.717) is 29.1 Å². The smallest absolute Gasteiger partial charge is 0.390 e. The van der Waals surface area contributed by atoms with Gasteiger partial charge in [0.25, 0.3) is 15.9 Å². The molecule has 4 rings (SSSR count). The molecule has 1 aliphatic heterocycles. The number of sulfonamides is 1. The Balaban J connectivity index is 1.57. The molecule has 0 radical (unpaired) electrons. The summed E-state index contributed by atoms with van der Waals surface area (Å²) in [5, 5.41) is 15.3. The van der Waals surface area contributed by atoms with Gasteiger partial charge in [-0.3, -0.25) is 9.59 Å². The molecule has 4 atom stereocenters. The largest absolute Gasteiger partial charge is 0.417 e. The molecule has 41 heavy (non-hydrogen) atoms. The molecule has 3 aromatic rings. The van der Waals surface area contributed by atoms with Crippen LogP contribution in [0.4, 0.5) is 13.2 Å². The Hall–Kier alpha value is -2.59. The second-order valence-electron chi connectivity index (χ2n) is 10.6. The van der Waals surface area contributed by atoms with Crippen molar-refractivity contribution in [3.8, 4) is 0 Å². The number of nitrogens with one attached hydrogen (secondary N) is 1. The number of pyridine rings is 1. The van der Waals surface area contributed by atoms with E-state index in [4.69, 9.17) is 5.73 Å². The van der Waals surface area contributed by atoms with Crippen molar-refractivity contribution >= 4 is 53.9 Å². The lowest BCUT2D eigenvalue weighted by molar-refractivity contribution is -0.137. The first-order chi connectivity index (χ1) is 19.1. The molecule has 224 valence electrons. The zero-order valence-corrected chi connectivity index (χ0v) is 25.0. The average molecular weight is 633 g/mol. The highest BCUT2D eigenvalue weighted by atomic mass is 32.2. The van der Waals surface area contributed by atoms with Crippen LogP contribution in [-0.2, 0) is 21.0 Å². The molecule has 2 amide bonds. The number of aliphatic hydroxyl groups excluding tert-OH is 1. The van der Waals surface area contributed by atoms with Crippen LogP contribution < -0.4 is 11.1 Å². The number of alkyl halides is 3. The number of amides is 2. The molecule has 0 aliphatic carbocycles. The number of hydrogen-bond acceptors (Lipinski definition) is 8. The standard InChI is InChI=1S/C26H31F3N4O5S3/c1-13(2)10-16(21-22-19(8-9-39-22)40-23(21)24(30)35)25(36)32-17-6-4-14(3)33(12-18(17)34)41(37,38)20-7-5-15(11-31-20)26(27,28)29/h5,7-9,11,13-14,16-18,34H,4,6,10,12H2,1-3H3,(H2,30,35)(H,32,36)/t14-,16+,17+,18+/m1/s1. The SMILES string of the molecule is CC(C)C[C@H](C(=O)N[C@H]1CC[C@@H](C)N(S(=O)(=O)c2ccc(C(F)(F)F)cn2)C[C@@H]1O)c1c(C(N)=O)sc2ccsc12. The highest BCUT2D eigenvalue weighted by Crippen LogP contribution is 2.42.